The van der Waals surface area contributed by atoms with Crippen LogP contribution in [0.5, 0.6) is 0 Å². The second-order valence-electron chi connectivity index (χ2n) is 2.51. The van der Waals surface area contributed by atoms with Gasteiger partial charge in [0.15, 0.2) is 0 Å². The van der Waals surface area contributed by atoms with Gasteiger partial charge in [-0.2, -0.15) is 0 Å². The number of carbonyl (C=O) groups is 1. The van der Waals surface area contributed by atoms with Gasteiger partial charge in [0.05, 0.1) is 12.6 Å². The normalized spacial score (nSPS) is 12.6. The van der Waals surface area contributed by atoms with Crippen molar-refractivity contribution in [2.24, 2.45) is 5.73 Å². The Morgan fingerprint density at radius 1 is 1.58 bits per heavy atom. The number of hydrogen-bond acceptors (Lipinski definition) is 3. The highest BCUT2D eigenvalue weighted by atomic mass is 16.5. The summed E-state index contributed by atoms with van der Waals surface area (Å²) in [6.45, 7) is 5.29. The molecule has 1 atom stereocenters. The highest BCUT2D eigenvalue weighted by Crippen LogP contribution is 1.85. The average molecular weight is 174 g/mol. The van der Waals surface area contributed by atoms with Gasteiger partial charge in [0.1, 0.15) is 0 Å². The first-order valence-electron chi connectivity index (χ1n) is 4.31. The number of amides is 1. The maximum Gasteiger partial charge on any atom is 0.220 e. The molecule has 0 fully saturated rings. The second kappa shape index (κ2) is 7.06. The largest absolute Gasteiger partial charge is 0.380 e. The Morgan fingerprint density at radius 3 is 2.67 bits per heavy atom. The van der Waals surface area contributed by atoms with E-state index in [2.05, 4.69) is 5.32 Å². The maximum absolute atomic E-state index is 10.9. The molecular weight excluding hydrogens is 156 g/mol. The summed E-state index contributed by atoms with van der Waals surface area (Å²) >= 11 is 0. The molecule has 0 spiro atoms. The van der Waals surface area contributed by atoms with Gasteiger partial charge < -0.3 is 15.8 Å². The van der Waals surface area contributed by atoms with E-state index < -0.39 is 0 Å². The van der Waals surface area contributed by atoms with E-state index in [1.807, 2.05) is 13.8 Å². The summed E-state index contributed by atoms with van der Waals surface area (Å²) in [6, 6.07) is -0.0441. The Hall–Kier alpha value is -0.610. The fourth-order valence-electron chi connectivity index (χ4n) is 0.758. The second-order valence-corrected chi connectivity index (χ2v) is 2.51. The van der Waals surface area contributed by atoms with E-state index in [0.717, 1.165) is 0 Å². The van der Waals surface area contributed by atoms with Gasteiger partial charge in [-0.15, -0.1) is 0 Å². The van der Waals surface area contributed by atoms with Crippen molar-refractivity contribution in [2.75, 3.05) is 19.8 Å². The number of hydrogen-bond donors (Lipinski definition) is 2. The van der Waals surface area contributed by atoms with E-state index in [4.69, 9.17) is 10.5 Å². The first kappa shape index (κ1) is 11.4. The van der Waals surface area contributed by atoms with E-state index >= 15 is 0 Å². The predicted octanol–water partition coefficient (Wildman–Crippen LogP) is -0.124. The molecule has 1 amide bonds. The highest BCUT2D eigenvalue weighted by Gasteiger charge is 2.08. The minimum Gasteiger partial charge on any atom is -0.380 e. The molecule has 0 aliphatic rings. The average Bonchev–Trinajstić information content (AvgIpc) is 2.11. The van der Waals surface area contributed by atoms with Crippen molar-refractivity contribution in [3.05, 3.63) is 0 Å². The van der Waals surface area contributed by atoms with Crippen molar-refractivity contribution in [1.82, 2.24) is 5.32 Å². The third-order valence-corrected chi connectivity index (χ3v) is 1.49. The zero-order valence-electron chi connectivity index (χ0n) is 7.80. The number of nitrogens with two attached hydrogens (primary N) is 1. The van der Waals surface area contributed by atoms with Crippen LogP contribution in [0.4, 0.5) is 0 Å². The lowest BCUT2D eigenvalue weighted by atomic mass is 10.3. The van der Waals surface area contributed by atoms with Crippen LogP contribution in [0.25, 0.3) is 0 Å². The van der Waals surface area contributed by atoms with E-state index in [-0.39, 0.29) is 11.9 Å². The van der Waals surface area contributed by atoms with Crippen molar-refractivity contribution < 1.29 is 9.53 Å². The van der Waals surface area contributed by atoms with Crippen LogP contribution >= 0.6 is 0 Å². The zero-order valence-corrected chi connectivity index (χ0v) is 7.80. The molecule has 0 bridgehead atoms. The summed E-state index contributed by atoms with van der Waals surface area (Å²) in [7, 11) is 0. The van der Waals surface area contributed by atoms with E-state index in [0.29, 0.717) is 26.2 Å². The molecule has 0 aliphatic carbocycles. The van der Waals surface area contributed by atoms with Gasteiger partial charge >= 0.3 is 0 Å². The number of rotatable bonds is 6. The van der Waals surface area contributed by atoms with E-state index in [1.165, 1.54) is 0 Å². The highest BCUT2D eigenvalue weighted by molar-refractivity contribution is 5.75. The lowest BCUT2D eigenvalue weighted by molar-refractivity contribution is -0.121. The van der Waals surface area contributed by atoms with Crippen LogP contribution in [0.3, 0.4) is 0 Å². The molecule has 0 rings (SSSR count). The molecule has 1 unspecified atom stereocenters. The molecule has 0 aliphatic heterocycles. The van der Waals surface area contributed by atoms with Crippen molar-refractivity contribution in [2.45, 2.75) is 26.3 Å². The van der Waals surface area contributed by atoms with Crippen LogP contribution < -0.4 is 11.1 Å². The molecule has 72 valence electrons. The molecule has 12 heavy (non-hydrogen) atoms. The number of carbonyl (C=O) groups excluding carboxylic acids is 1. The van der Waals surface area contributed by atoms with Crippen LogP contribution in [-0.4, -0.2) is 31.7 Å². The van der Waals surface area contributed by atoms with Crippen molar-refractivity contribution in [1.29, 1.82) is 0 Å². The Bertz CT molecular complexity index is 128. The van der Waals surface area contributed by atoms with Crippen molar-refractivity contribution >= 4 is 5.91 Å². The summed E-state index contributed by atoms with van der Waals surface area (Å²) < 4.78 is 5.14. The predicted molar refractivity (Wildman–Crippen MR) is 47.8 cm³/mol. The van der Waals surface area contributed by atoms with E-state index in [1.54, 1.807) is 0 Å². The van der Waals surface area contributed by atoms with Gasteiger partial charge in [-0.25, -0.2) is 0 Å². The van der Waals surface area contributed by atoms with Gasteiger partial charge in [-0.1, -0.05) is 6.92 Å². The molecule has 0 saturated heterocycles. The Kier molecular flexibility index (Phi) is 6.70. The van der Waals surface area contributed by atoms with Crippen LogP contribution in [0.2, 0.25) is 0 Å². The molecule has 4 nitrogen and oxygen atoms in total. The monoisotopic (exact) mass is 174 g/mol. The quantitative estimate of drug-likeness (QED) is 0.590. The first-order valence-corrected chi connectivity index (χ1v) is 4.31. The standard InChI is InChI=1S/C8H18N2O2/c1-3-8(11)10-7(5-9)6-12-4-2/h7H,3-6,9H2,1-2H3,(H,10,11). The zero-order chi connectivity index (χ0) is 9.40. The van der Waals surface area contributed by atoms with Gasteiger partial charge in [-0.05, 0) is 6.92 Å². The molecule has 0 radical (unpaired) electrons. The lowest BCUT2D eigenvalue weighted by Crippen LogP contribution is -2.43. The maximum atomic E-state index is 10.9. The Morgan fingerprint density at radius 2 is 2.25 bits per heavy atom. The SMILES string of the molecule is CCOCC(CN)NC(=O)CC. The van der Waals surface area contributed by atoms with Crippen LogP contribution in [0.1, 0.15) is 20.3 Å². The fourth-order valence-corrected chi connectivity index (χ4v) is 0.758. The van der Waals surface area contributed by atoms with Gasteiger partial charge in [0.2, 0.25) is 5.91 Å². The molecule has 0 saturated carbocycles. The minimum absolute atomic E-state index is 0.0187. The number of nitrogens with one attached hydrogen (secondary N) is 1. The molecule has 4 heteroatoms. The fraction of sp³-hybridized carbons (Fsp3) is 0.875. The van der Waals surface area contributed by atoms with Crippen molar-refractivity contribution in [3.63, 3.8) is 0 Å². The third kappa shape index (κ3) is 5.09. The minimum atomic E-state index is -0.0441. The summed E-state index contributed by atoms with van der Waals surface area (Å²) in [5.41, 5.74) is 5.42. The Balaban J connectivity index is 3.59. The van der Waals surface area contributed by atoms with Crippen LogP contribution in [0.15, 0.2) is 0 Å². The lowest BCUT2D eigenvalue weighted by Gasteiger charge is -2.15. The molecular formula is C8H18N2O2. The van der Waals surface area contributed by atoms with E-state index in [9.17, 15) is 4.79 Å². The summed E-state index contributed by atoms with van der Waals surface area (Å²) in [6.07, 6.45) is 0.489. The van der Waals surface area contributed by atoms with Gasteiger partial charge in [-0.3, -0.25) is 4.79 Å². The molecule has 0 aromatic carbocycles. The molecule has 0 aromatic heterocycles. The van der Waals surface area contributed by atoms with Gasteiger partial charge in [0, 0.05) is 19.6 Å². The molecule has 0 heterocycles. The first-order chi connectivity index (χ1) is 5.74. The third-order valence-electron chi connectivity index (χ3n) is 1.49. The molecule has 3 N–H and O–H groups in total. The van der Waals surface area contributed by atoms with Crippen LogP contribution in [0, 0.1) is 0 Å². The molecule has 0 aromatic rings. The topological polar surface area (TPSA) is 64.3 Å². The smallest absolute Gasteiger partial charge is 0.220 e. The number of ether oxygens (including phenoxy) is 1. The summed E-state index contributed by atoms with van der Waals surface area (Å²) in [4.78, 5) is 10.9. The summed E-state index contributed by atoms with van der Waals surface area (Å²) in [5.74, 6) is 0.0187. The van der Waals surface area contributed by atoms with Crippen LogP contribution in [-0.2, 0) is 9.53 Å². The Labute approximate surface area is 73.5 Å². The van der Waals surface area contributed by atoms with Gasteiger partial charge in [0.25, 0.3) is 0 Å². The summed E-state index contributed by atoms with van der Waals surface area (Å²) in [5, 5.41) is 2.76. The van der Waals surface area contributed by atoms with Crippen molar-refractivity contribution in [3.8, 4) is 0 Å².